The van der Waals surface area contributed by atoms with Crippen LogP contribution >= 0.6 is 0 Å². The zero-order chi connectivity index (χ0) is 10.5. The molecule has 15 heavy (non-hydrogen) atoms. The van der Waals surface area contributed by atoms with Crippen molar-refractivity contribution in [3.63, 3.8) is 0 Å². The van der Waals surface area contributed by atoms with Crippen molar-refractivity contribution in [2.75, 3.05) is 0 Å². The maximum absolute atomic E-state index is 5.64. The van der Waals surface area contributed by atoms with E-state index in [1.54, 1.807) is 0 Å². The highest BCUT2D eigenvalue weighted by Crippen LogP contribution is 2.13. The fraction of sp³-hybridized carbons (Fsp3) is 0.143. The third-order valence-corrected chi connectivity index (χ3v) is 2.15. The van der Waals surface area contributed by atoms with E-state index >= 15 is 0 Å². The summed E-state index contributed by atoms with van der Waals surface area (Å²) in [5, 5.41) is 0. The molecular weight excluding hydrogens is 184 g/mol. The summed E-state index contributed by atoms with van der Waals surface area (Å²) in [6.45, 7) is 2.64. The summed E-state index contributed by atoms with van der Waals surface area (Å²) in [6.07, 6.45) is 0. The van der Waals surface area contributed by atoms with Crippen LogP contribution in [0.2, 0.25) is 0 Å². The third kappa shape index (κ3) is 2.84. The Morgan fingerprint density at radius 1 is 1.13 bits per heavy atom. The average molecular weight is 197 g/mol. The van der Waals surface area contributed by atoms with Gasteiger partial charge in [0.05, 0.1) is 0 Å². The minimum absolute atomic E-state index is 0.609. The van der Waals surface area contributed by atoms with Gasteiger partial charge in [-0.2, -0.15) is 0 Å². The molecule has 0 fully saturated rings. The summed E-state index contributed by atoms with van der Waals surface area (Å²) in [6, 6.07) is 19.0. The Hall–Kier alpha value is -1.76. The first-order chi connectivity index (χ1) is 7.34. The second-order valence-electron chi connectivity index (χ2n) is 3.52. The molecule has 0 spiro atoms. The van der Waals surface area contributed by atoms with Crippen LogP contribution in [0.15, 0.2) is 48.5 Å². The summed E-state index contributed by atoms with van der Waals surface area (Å²) in [4.78, 5) is 0. The van der Waals surface area contributed by atoms with Crippen LogP contribution in [0.1, 0.15) is 11.1 Å². The first kappa shape index (κ1) is 9.78. The molecule has 0 aliphatic carbocycles. The lowest BCUT2D eigenvalue weighted by Gasteiger charge is -2.06. The van der Waals surface area contributed by atoms with Gasteiger partial charge < -0.3 is 4.74 Å². The highest BCUT2D eigenvalue weighted by Gasteiger charge is 1.95. The normalized spacial score (nSPS) is 9.93. The number of hydrogen-bond acceptors (Lipinski definition) is 1. The van der Waals surface area contributed by atoms with Crippen LogP contribution in [0.25, 0.3) is 0 Å². The number of ether oxygens (including phenoxy) is 1. The Labute approximate surface area is 90.3 Å². The molecule has 0 aliphatic heterocycles. The summed E-state index contributed by atoms with van der Waals surface area (Å²) in [5.74, 6) is 0.874. The van der Waals surface area contributed by atoms with Gasteiger partial charge in [-0.3, -0.25) is 0 Å². The maximum atomic E-state index is 5.64. The zero-order valence-corrected chi connectivity index (χ0v) is 8.73. The topological polar surface area (TPSA) is 9.23 Å². The molecule has 1 nitrogen and oxygen atoms in total. The molecule has 1 heteroatoms. The fourth-order valence-electron chi connectivity index (χ4n) is 1.39. The van der Waals surface area contributed by atoms with E-state index in [1.165, 1.54) is 11.1 Å². The van der Waals surface area contributed by atoms with Crippen molar-refractivity contribution >= 4 is 0 Å². The molecule has 2 aromatic carbocycles. The predicted molar refractivity (Wildman–Crippen MR) is 60.8 cm³/mol. The highest BCUT2D eigenvalue weighted by molar-refractivity contribution is 5.27. The van der Waals surface area contributed by atoms with E-state index in [0.29, 0.717) is 6.61 Å². The Bertz CT molecular complexity index is 420. The van der Waals surface area contributed by atoms with Crippen LogP contribution in [0.3, 0.4) is 0 Å². The SMILES string of the molecule is Cc1c[c]cc(OCc2ccccc2)c1. The molecule has 0 unspecified atom stereocenters. The smallest absolute Gasteiger partial charge is 0.120 e. The Balaban J connectivity index is 1.99. The minimum atomic E-state index is 0.609. The van der Waals surface area contributed by atoms with Crippen LogP contribution in [0.5, 0.6) is 5.75 Å². The van der Waals surface area contributed by atoms with E-state index in [-0.39, 0.29) is 0 Å². The summed E-state index contributed by atoms with van der Waals surface area (Å²) < 4.78 is 5.64. The Morgan fingerprint density at radius 3 is 2.67 bits per heavy atom. The average Bonchev–Trinajstić information content (AvgIpc) is 2.28. The second kappa shape index (κ2) is 4.65. The fourth-order valence-corrected chi connectivity index (χ4v) is 1.39. The second-order valence-corrected chi connectivity index (χ2v) is 3.52. The molecule has 0 saturated carbocycles. The molecule has 0 heterocycles. The molecule has 75 valence electrons. The molecule has 0 aromatic heterocycles. The summed E-state index contributed by atoms with van der Waals surface area (Å²) in [5.41, 5.74) is 2.35. The molecule has 0 bridgehead atoms. The molecular formula is C14H13O. The van der Waals surface area contributed by atoms with E-state index in [9.17, 15) is 0 Å². The van der Waals surface area contributed by atoms with Crippen LogP contribution < -0.4 is 4.74 Å². The van der Waals surface area contributed by atoms with Crippen LogP contribution in [0, 0.1) is 13.0 Å². The molecule has 0 saturated heterocycles. The van der Waals surface area contributed by atoms with E-state index in [4.69, 9.17) is 4.74 Å². The van der Waals surface area contributed by atoms with Gasteiger partial charge in [-0.15, -0.1) is 0 Å². The van der Waals surface area contributed by atoms with Crippen molar-refractivity contribution in [2.45, 2.75) is 13.5 Å². The molecule has 0 amide bonds. The highest BCUT2D eigenvalue weighted by atomic mass is 16.5. The monoisotopic (exact) mass is 197 g/mol. The van der Waals surface area contributed by atoms with Crippen molar-refractivity contribution in [1.29, 1.82) is 0 Å². The van der Waals surface area contributed by atoms with Gasteiger partial charge in [-0.1, -0.05) is 36.4 Å². The number of hydrogen-bond donors (Lipinski definition) is 0. The number of rotatable bonds is 3. The van der Waals surface area contributed by atoms with Gasteiger partial charge >= 0.3 is 0 Å². The molecule has 0 N–H and O–H groups in total. The quantitative estimate of drug-likeness (QED) is 0.733. The zero-order valence-electron chi connectivity index (χ0n) is 8.73. The largest absolute Gasteiger partial charge is 0.489 e. The number of aryl methyl sites for hydroxylation is 1. The lowest BCUT2D eigenvalue weighted by Crippen LogP contribution is -1.94. The van der Waals surface area contributed by atoms with E-state index in [1.807, 2.05) is 43.3 Å². The predicted octanol–water partition coefficient (Wildman–Crippen LogP) is 3.37. The van der Waals surface area contributed by atoms with Gasteiger partial charge in [0.25, 0.3) is 0 Å². The maximum Gasteiger partial charge on any atom is 0.120 e. The van der Waals surface area contributed by atoms with Gasteiger partial charge in [0, 0.05) is 0 Å². The molecule has 0 atom stereocenters. The molecule has 2 aromatic rings. The van der Waals surface area contributed by atoms with Crippen molar-refractivity contribution in [1.82, 2.24) is 0 Å². The minimum Gasteiger partial charge on any atom is -0.489 e. The standard InChI is InChI=1S/C14H13O/c1-12-6-5-9-14(10-12)15-11-13-7-3-2-4-8-13/h2-4,6-10H,11H2,1H3. The van der Waals surface area contributed by atoms with Gasteiger partial charge in [0.1, 0.15) is 12.4 Å². The summed E-state index contributed by atoms with van der Waals surface area (Å²) in [7, 11) is 0. The van der Waals surface area contributed by atoms with Gasteiger partial charge in [0.2, 0.25) is 0 Å². The van der Waals surface area contributed by atoms with Crippen molar-refractivity contribution in [3.8, 4) is 5.75 Å². The summed E-state index contributed by atoms with van der Waals surface area (Å²) >= 11 is 0. The Kier molecular flexibility index (Phi) is 3.03. The van der Waals surface area contributed by atoms with Crippen molar-refractivity contribution in [2.24, 2.45) is 0 Å². The van der Waals surface area contributed by atoms with E-state index < -0.39 is 0 Å². The van der Waals surface area contributed by atoms with Crippen LogP contribution in [-0.4, -0.2) is 0 Å². The van der Waals surface area contributed by atoms with Crippen LogP contribution in [0.4, 0.5) is 0 Å². The first-order valence-electron chi connectivity index (χ1n) is 4.99. The van der Waals surface area contributed by atoms with E-state index in [0.717, 1.165) is 5.75 Å². The lowest BCUT2D eigenvalue weighted by molar-refractivity contribution is 0.306. The van der Waals surface area contributed by atoms with Gasteiger partial charge in [0.15, 0.2) is 0 Å². The molecule has 1 radical (unpaired) electrons. The van der Waals surface area contributed by atoms with Crippen molar-refractivity contribution in [3.05, 3.63) is 65.7 Å². The molecule has 2 rings (SSSR count). The van der Waals surface area contributed by atoms with Crippen molar-refractivity contribution < 1.29 is 4.74 Å². The number of benzene rings is 2. The van der Waals surface area contributed by atoms with Gasteiger partial charge in [-0.25, -0.2) is 0 Å². The third-order valence-electron chi connectivity index (χ3n) is 2.15. The lowest BCUT2D eigenvalue weighted by atomic mass is 10.2. The Morgan fingerprint density at radius 2 is 1.93 bits per heavy atom. The molecule has 0 aliphatic rings. The van der Waals surface area contributed by atoms with Gasteiger partial charge in [-0.05, 0) is 36.2 Å². The first-order valence-corrected chi connectivity index (χ1v) is 4.99. The van der Waals surface area contributed by atoms with Crippen LogP contribution in [-0.2, 0) is 6.61 Å². The van der Waals surface area contributed by atoms with E-state index in [2.05, 4.69) is 18.2 Å².